The van der Waals surface area contributed by atoms with Crippen molar-refractivity contribution < 1.29 is 18.7 Å². The summed E-state index contributed by atoms with van der Waals surface area (Å²) in [5.41, 5.74) is 0. The largest absolute Gasteiger partial charge is 0.414 e. The minimum Gasteiger partial charge on any atom is -0.414 e. The summed E-state index contributed by atoms with van der Waals surface area (Å²) in [6.07, 6.45) is 1.30. The Morgan fingerprint density at radius 3 is 1.62 bits per heavy atom. The van der Waals surface area contributed by atoms with E-state index in [4.69, 9.17) is 13.6 Å². The van der Waals surface area contributed by atoms with Crippen LogP contribution in [0.5, 0.6) is 0 Å². The van der Waals surface area contributed by atoms with Crippen molar-refractivity contribution in [2.75, 3.05) is 6.61 Å². The molecule has 0 spiro atoms. The van der Waals surface area contributed by atoms with E-state index in [2.05, 4.69) is 67.7 Å². The average Bonchev–Trinajstić information content (AvgIpc) is 2.72. The van der Waals surface area contributed by atoms with Gasteiger partial charge in [0.1, 0.15) is 0 Å². The van der Waals surface area contributed by atoms with Crippen LogP contribution in [0.2, 0.25) is 36.3 Å². The SMILES string of the molecule is CC(C)(C)[Si](C)(C)O[C@H]1C[C@@H](O[Si](C)(C)C(C)(C)C)[C@H]2CC(O)OC[C@H]21. The first-order valence-electron chi connectivity index (χ1n) is 10.2. The molecule has 0 aromatic carbocycles. The lowest BCUT2D eigenvalue weighted by atomic mass is 9.89. The van der Waals surface area contributed by atoms with Crippen molar-refractivity contribution >= 4 is 16.6 Å². The summed E-state index contributed by atoms with van der Waals surface area (Å²) in [7, 11) is -3.71. The quantitative estimate of drug-likeness (QED) is 0.661. The van der Waals surface area contributed by atoms with Crippen molar-refractivity contribution in [1.82, 2.24) is 0 Å². The normalized spacial score (nSPS) is 34.0. The maximum absolute atomic E-state index is 10.1. The Morgan fingerprint density at radius 2 is 1.19 bits per heavy atom. The van der Waals surface area contributed by atoms with E-state index in [1.54, 1.807) is 0 Å². The van der Waals surface area contributed by atoms with Gasteiger partial charge in [0.25, 0.3) is 0 Å². The molecule has 0 amide bonds. The Balaban J connectivity index is 2.20. The van der Waals surface area contributed by atoms with Gasteiger partial charge in [-0.25, -0.2) is 0 Å². The van der Waals surface area contributed by atoms with Gasteiger partial charge in [0.2, 0.25) is 0 Å². The van der Waals surface area contributed by atoms with E-state index in [0.717, 1.165) is 6.42 Å². The molecule has 0 aromatic rings. The second-order valence-corrected chi connectivity index (χ2v) is 20.9. The molecule has 0 bridgehead atoms. The molecule has 1 aliphatic carbocycles. The first kappa shape index (κ1) is 22.6. The van der Waals surface area contributed by atoms with Crippen LogP contribution in [0, 0.1) is 11.8 Å². The van der Waals surface area contributed by atoms with Crippen molar-refractivity contribution in [3.05, 3.63) is 0 Å². The molecule has 1 N–H and O–H groups in total. The maximum Gasteiger partial charge on any atom is 0.192 e. The van der Waals surface area contributed by atoms with Crippen molar-refractivity contribution in [2.24, 2.45) is 11.8 Å². The highest BCUT2D eigenvalue weighted by molar-refractivity contribution is 6.74. The molecule has 1 saturated heterocycles. The second kappa shape index (κ2) is 7.27. The molecule has 6 heteroatoms. The summed E-state index contributed by atoms with van der Waals surface area (Å²) in [5.74, 6) is 0.671. The molecule has 4 nitrogen and oxygen atoms in total. The number of aliphatic hydroxyl groups is 1. The fraction of sp³-hybridized carbons (Fsp3) is 1.00. The third-order valence-corrected chi connectivity index (χ3v) is 16.4. The third kappa shape index (κ3) is 4.63. The number of hydrogen-bond acceptors (Lipinski definition) is 4. The lowest BCUT2D eigenvalue weighted by Crippen LogP contribution is -2.47. The van der Waals surface area contributed by atoms with E-state index in [9.17, 15) is 5.11 Å². The first-order chi connectivity index (χ1) is 11.6. The van der Waals surface area contributed by atoms with E-state index >= 15 is 0 Å². The molecule has 2 fully saturated rings. The van der Waals surface area contributed by atoms with Crippen LogP contribution in [0.4, 0.5) is 0 Å². The highest BCUT2D eigenvalue weighted by atomic mass is 28.4. The number of aliphatic hydroxyl groups excluding tert-OH is 1. The Labute approximate surface area is 163 Å². The van der Waals surface area contributed by atoms with Gasteiger partial charge >= 0.3 is 0 Å². The fourth-order valence-electron chi connectivity index (χ4n) is 3.59. The van der Waals surface area contributed by atoms with E-state index in [0.29, 0.717) is 24.9 Å². The third-order valence-electron chi connectivity index (χ3n) is 7.43. The van der Waals surface area contributed by atoms with E-state index in [-0.39, 0.29) is 22.3 Å². The van der Waals surface area contributed by atoms with Crippen LogP contribution < -0.4 is 0 Å². The number of fused-ring (bicyclic) bond motifs is 1. The number of rotatable bonds is 4. The van der Waals surface area contributed by atoms with Crippen LogP contribution in [-0.2, 0) is 13.6 Å². The van der Waals surface area contributed by atoms with Crippen molar-refractivity contribution in [3.8, 4) is 0 Å². The Bertz CT molecular complexity index is 493. The zero-order valence-corrected chi connectivity index (χ0v) is 20.7. The van der Waals surface area contributed by atoms with Crippen LogP contribution in [0.25, 0.3) is 0 Å². The smallest absolute Gasteiger partial charge is 0.192 e. The van der Waals surface area contributed by atoms with Gasteiger partial charge < -0.3 is 18.7 Å². The molecule has 154 valence electrons. The highest BCUT2D eigenvalue weighted by Crippen LogP contribution is 2.48. The molecular formula is C20H42O4Si2. The van der Waals surface area contributed by atoms with Crippen LogP contribution in [0.3, 0.4) is 0 Å². The summed E-state index contributed by atoms with van der Waals surface area (Å²) in [4.78, 5) is 0. The number of hydrogen-bond donors (Lipinski definition) is 1. The summed E-state index contributed by atoms with van der Waals surface area (Å²) in [5, 5.41) is 10.5. The summed E-state index contributed by atoms with van der Waals surface area (Å²) in [6.45, 7) is 23.6. The van der Waals surface area contributed by atoms with Gasteiger partial charge in [-0.3, -0.25) is 0 Å². The monoisotopic (exact) mass is 402 g/mol. The molecule has 2 aliphatic rings. The van der Waals surface area contributed by atoms with Gasteiger partial charge in [-0.1, -0.05) is 41.5 Å². The van der Waals surface area contributed by atoms with Crippen molar-refractivity contribution in [1.29, 1.82) is 0 Å². The molecule has 1 unspecified atom stereocenters. The van der Waals surface area contributed by atoms with E-state index in [1.165, 1.54) is 0 Å². The molecule has 2 rings (SSSR count). The molecular weight excluding hydrogens is 360 g/mol. The zero-order valence-electron chi connectivity index (χ0n) is 18.7. The van der Waals surface area contributed by atoms with E-state index < -0.39 is 22.9 Å². The van der Waals surface area contributed by atoms with Gasteiger partial charge in [-0.05, 0) is 48.6 Å². The Hall–Kier alpha value is 0.274. The van der Waals surface area contributed by atoms with Gasteiger partial charge in [0.15, 0.2) is 22.9 Å². The second-order valence-electron chi connectivity index (χ2n) is 11.4. The molecule has 0 radical (unpaired) electrons. The molecule has 5 atom stereocenters. The summed E-state index contributed by atoms with van der Waals surface area (Å²) in [6, 6.07) is 0. The topological polar surface area (TPSA) is 47.9 Å². The molecule has 0 aromatic heterocycles. The van der Waals surface area contributed by atoms with Gasteiger partial charge in [-0.2, -0.15) is 0 Å². The fourth-order valence-corrected chi connectivity index (χ4v) is 6.35. The minimum atomic E-state index is -1.86. The molecule has 1 heterocycles. The van der Waals surface area contributed by atoms with Crippen LogP contribution in [0.15, 0.2) is 0 Å². The predicted octanol–water partition coefficient (Wildman–Crippen LogP) is 5.14. The predicted molar refractivity (Wildman–Crippen MR) is 112 cm³/mol. The van der Waals surface area contributed by atoms with Crippen molar-refractivity contribution in [3.63, 3.8) is 0 Å². The van der Waals surface area contributed by atoms with Crippen LogP contribution in [0.1, 0.15) is 54.4 Å². The average molecular weight is 403 g/mol. The Morgan fingerprint density at radius 1 is 0.769 bits per heavy atom. The summed E-state index contributed by atoms with van der Waals surface area (Å²) < 4.78 is 19.2. The molecule has 1 aliphatic heterocycles. The zero-order chi connectivity index (χ0) is 20.1. The van der Waals surface area contributed by atoms with Gasteiger partial charge in [0.05, 0.1) is 18.8 Å². The maximum atomic E-state index is 10.1. The van der Waals surface area contributed by atoms with Gasteiger partial charge in [-0.15, -0.1) is 0 Å². The Kier molecular flexibility index (Phi) is 6.30. The standard InChI is InChI=1S/C20H42O4Si2/c1-19(2,3)25(7,8)23-16-12-17(24-26(9,10)20(4,5)6)15-13-22-18(21)11-14(15)16/h14-18,21H,11-13H2,1-10H3/t14-,15+,16+,17-,18?/m0/s1. The van der Waals surface area contributed by atoms with Crippen LogP contribution in [-0.4, -0.2) is 46.8 Å². The summed E-state index contributed by atoms with van der Waals surface area (Å²) >= 11 is 0. The van der Waals surface area contributed by atoms with E-state index in [1.807, 2.05) is 0 Å². The van der Waals surface area contributed by atoms with Crippen LogP contribution >= 0.6 is 0 Å². The number of ether oxygens (including phenoxy) is 1. The highest BCUT2D eigenvalue weighted by Gasteiger charge is 2.53. The molecule has 26 heavy (non-hydrogen) atoms. The van der Waals surface area contributed by atoms with Crippen molar-refractivity contribution in [2.45, 2.75) is 109 Å². The minimum absolute atomic E-state index is 0.175. The van der Waals surface area contributed by atoms with Gasteiger partial charge in [0, 0.05) is 12.3 Å². The first-order valence-corrected chi connectivity index (χ1v) is 16.0. The molecule has 1 saturated carbocycles. The lowest BCUT2D eigenvalue weighted by Gasteiger charge is -2.42. The lowest BCUT2D eigenvalue weighted by molar-refractivity contribution is -0.168.